The first-order chi connectivity index (χ1) is 14.9. The van der Waals surface area contributed by atoms with Gasteiger partial charge in [-0.3, -0.25) is 14.4 Å². The van der Waals surface area contributed by atoms with Crippen LogP contribution in [0, 0.1) is 5.82 Å². The summed E-state index contributed by atoms with van der Waals surface area (Å²) < 4.78 is 13.0. The normalized spacial score (nSPS) is 21.5. The fraction of sp³-hybridized carbons (Fsp3) is 0.348. The molecule has 0 unspecified atom stereocenters. The number of nitrogens with one attached hydrogen (secondary N) is 3. The number of fused-ring (bicyclic) bond motifs is 1. The van der Waals surface area contributed by atoms with Gasteiger partial charge in [0.2, 0.25) is 11.8 Å². The zero-order valence-corrected chi connectivity index (χ0v) is 17.3. The van der Waals surface area contributed by atoms with E-state index in [-0.39, 0.29) is 36.5 Å². The number of carbonyl (C=O) groups is 3. The molecule has 2 aliphatic rings. The van der Waals surface area contributed by atoms with Gasteiger partial charge in [-0.15, -0.1) is 0 Å². The number of halogens is 1. The SMILES string of the molecule is C[C@H](C(=O)NCc1ccc(F)cc1)N1CC[C@]2(CCC1=O)NC(=O)c1ccccc1N2. The van der Waals surface area contributed by atoms with Gasteiger partial charge in [0.1, 0.15) is 17.5 Å². The third kappa shape index (κ3) is 4.38. The van der Waals surface area contributed by atoms with Crippen molar-refractivity contribution >= 4 is 23.4 Å². The molecule has 0 bridgehead atoms. The molecule has 162 valence electrons. The second kappa shape index (κ2) is 8.37. The van der Waals surface area contributed by atoms with Crippen molar-refractivity contribution in [1.29, 1.82) is 0 Å². The van der Waals surface area contributed by atoms with E-state index in [0.29, 0.717) is 24.9 Å². The van der Waals surface area contributed by atoms with Crippen LogP contribution in [0.4, 0.5) is 10.1 Å². The number of rotatable bonds is 4. The molecule has 3 amide bonds. The average Bonchev–Trinajstić information content (AvgIpc) is 2.91. The van der Waals surface area contributed by atoms with Gasteiger partial charge in [0, 0.05) is 31.6 Å². The number of hydrogen-bond donors (Lipinski definition) is 3. The van der Waals surface area contributed by atoms with E-state index in [1.165, 1.54) is 12.1 Å². The van der Waals surface area contributed by atoms with E-state index in [0.717, 1.165) is 11.3 Å². The number of nitrogens with zero attached hydrogens (tertiary/aromatic N) is 1. The van der Waals surface area contributed by atoms with Crippen LogP contribution in [0.15, 0.2) is 48.5 Å². The number of carbonyl (C=O) groups excluding carboxylic acids is 3. The van der Waals surface area contributed by atoms with Crippen molar-refractivity contribution in [2.75, 3.05) is 11.9 Å². The van der Waals surface area contributed by atoms with Crippen molar-refractivity contribution in [1.82, 2.24) is 15.5 Å². The molecule has 3 N–H and O–H groups in total. The van der Waals surface area contributed by atoms with E-state index in [1.54, 1.807) is 30.0 Å². The summed E-state index contributed by atoms with van der Waals surface area (Å²) >= 11 is 0. The number of amides is 3. The smallest absolute Gasteiger partial charge is 0.255 e. The van der Waals surface area contributed by atoms with E-state index < -0.39 is 11.7 Å². The Morgan fingerprint density at radius 2 is 1.87 bits per heavy atom. The Balaban J connectivity index is 1.41. The molecule has 2 atom stereocenters. The van der Waals surface area contributed by atoms with Crippen LogP contribution in [-0.4, -0.2) is 40.9 Å². The number of benzene rings is 2. The van der Waals surface area contributed by atoms with Gasteiger partial charge in [-0.25, -0.2) is 4.39 Å². The Morgan fingerprint density at radius 1 is 1.13 bits per heavy atom. The lowest BCUT2D eigenvalue weighted by atomic mass is 9.95. The predicted molar refractivity (Wildman–Crippen MR) is 114 cm³/mol. The maximum absolute atomic E-state index is 13.0. The lowest BCUT2D eigenvalue weighted by Gasteiger charge is -2.40. The molecule has 2 heterocycles. The molecule has 2 aliphatic heterocycles. The molecule has 1 spiro atoms. The van der Waals surface area contributed by atoms with Gasteiger partial charge >= 0.3 is 0 Å². The predicted octanol–water partition coefficient (Wildman–Crippen LogP) is 2.39. The highest BCUT2D eigenvalue weighted by molar-refractivity contribution is 6.02. The maximum Gasteiger partial charge on any atom is 0.255 e. The number of anilines is 1. The van der Waals surface area contributed by atoms with Crippen molar-refractivity contribution in [3.05, 3.63) is 65.5 Å². The molecular weight excluding hydrogens is 399 g/mol. The van der Waals surface area contributed by atoms with Crippen molar-refractivity contribution in [3.63, 3.8) is 0 Å². The third-order valence-corrected chi connectivity index (χ3v) is 5.99. The Kier molecular flexibility index (Phi) is 5.63. The molecule has 2 aromatic rings. The molecule has 4 rings (SSSR count). The summed E-state index contributed by atoms with van der Waals surface area (Å²) in [5, 5.41) is 9.24. The summed E-state index contributed by atoms with van der Waals surface area (Å²) in [5.74, 6) is -0.908. The quantitative estimate of drug-likeness (QED) is 0.703. The van der Waals surface area contributed by atoms with Crippen molar-refractivity contribution in [3.8, 4) is 0 Å². The number of likely N-dealkylation sites (tertiary alicyclic amines) is 1. The Bertz CT molecular complexity index is 1010. The van der Waals surface area contributed by atoms with Gasteiger partial charge in [-0.05, 0) is 43.2 Å². The minimum absolute atomic E-state index is 0.129. The van der Waals surface area contributed by atoms with Gasteiger partial charge < -0.3 is 20.9 Å². The molecule has 0 saturated carbocycles. The van der Waals surface area contributed by atoms with Crippen LogP contribution >= 0.6 is 0 Å². The highest BCUT2D eigenvalue weighted by atomic mass is 19.1. The van der Waals surface area contributed by atoms with E-state index in [4.69, 9.17) is 0 Å². The second-order valence-electron chi connectivity index (χ2n) is 8.06. The van der Waals surface area contributed by atoms with Gasteiger partial charge in [0.15, 0.2) is 0 Å². The fourth-order valence-electron chi connectivity index (χ4n) is 4.13. The van der Waals surface area contributed by atoms with E-state index in [9.17, 15) is 18.8 Å². The standard InChI is InChI=1S/C23H25FN4O3/c1-15(21(30)25-14-16-6-8-17(24)9-7-16)28-13-12-23(11-10-20(28)29)26-19-5-3-2-4-18(19)22(31)27-23/h2-9,15,26H,10-14H2,1H3,(H,25,30)(H,27,31)/t15-,23+/m1/s1. The molecule has 1 saturated heterocycles. The molecule has 1 fully saturated rings. The Morgan fingerprint density at radius 3 is 2.65 bits per heavy atom. The van der Waals surface area contributed by atoms with Crippen LogP contribution in [0.3, 0.4) is 0 Å². The topological polar surface area (TPSA) is 90.5 Å². The maximum atomic E-state index is 13.0. The first-order valence-electron chi connectivity index (χ1n) is 10.4. The van der Waals surface area contributed by atoms with Crippen LogP contribution in [0.5, 0.6) is 0 Å². The Labute approximate surface area is 180 Å². The van der Waals surface area contributed by atoms with Crippen molar-refractivity contribution in [2.45, 2.75) is 44.4 Å². The molecule has 7 nitrogen and oxygen atoms in total. The molecule has 2 aromatic carbocycles. The molecule has 8 heteroatoms. The van der Waals surface area contributed by atoms with Crippen molar-refractivity contribution < 1.29 is 18.8 Å². The summed E-state index contributed by atoms with van der Waals surface area (Å²) in [5.41, 5.74) is 1.38. The third-order valence-electron chi connectivity index (χ3n) is 5.99. The van der Waals surface area contributed by atoms with E-state index in [2.05, 4.69) is 16.0 Å². The Hall–Kier alpha value is -3.42. The van der Waals surface area contributed by atoms with Gasteiger partial charge in [-0.1, -0.05) is 24.3 Å². The highest BCUT2D eigenvalue weighted by Crippen LogP contribution is 2.32. The monoisotopic (exact) mass is 424 g/mol. The lowest BCUT2D eigenvalue weighted by Crippen LogP contribution is -2.58. The minimum atomic E-state index is -0.722. The molecular formula is C23H25FN4O3. The first kappa shape index (κ1) is 20.8. The van der Waals surface area contributed by atoms with Gasteiger partial charge in [0.25, 0.3) is 5.91 Å². The second-order valence-corrected chi connectivity index (χ2v) is 8.06. The van der Waals surface area contributed by atoms with E-state index >= 15 is 0 Å². The average molecular weight is 424 g/mol. The lowest BCUT2D eigenvalue weighted by molar-refractivity contribution is -0.139. The van der Waals surface area contributed by atoms with Crippen LogP contribution in [0.25, 0.3) is 0 Å². The van der Waals surface area contributed by atoms with Crippen LogP contribution in [0.1, 0.15) is 42.1 Å². The number of para-hydroxylation sites is 1. The van der Waals surface area contributed by atoms with Crippen LogP contribution in [-0.2, 0) is 16.1 Å². The van der Waals surface area contributed by atoms with E-state index in [1.807, 2.05) is 18.2 Å². The molecule has 31 heavy (non-hydrogen) atoms. The van der Waals surface area contributed by atoms with Crippen molar-refractivity contribution in [2.24, 2.45) is 0 Å². The molecule has 0 aromatic heterocycles. The highest BCUT2D eigenvalue weighted by Gasteiger charge is 2.41. The summed E-state index contributed by atoms with van der Waals surface area (Å²) in [4.78, 5) is 39.6. The zero-order chi connectivity index (χ0) is 22.0. The fourth-order valence-corrected chi connectivity index (χ4v) is 4.13. The van der Waals surface area contributed by atoms with Gasteiger partial charge in [0.05, 0.1) is 5.56 Å². The molecule has 0 radical (unpaired) electrons. The minimum Gasteiger partial charge on any atom is -0.362 e. The summed E-state index contributed by atoms with van der Waals surface area (Å²) in [7, 11) is 0. The van der Waals surface area contributed by atoms with Crippen LogP contribution in [0.2, 0.25) is 0 Å². The molecule has 0 aliphatic carbocycles. The summed E-state index contributed by atoms with van der Waals surface area (Å²) in [6.07, 6.45) is 1.13. The summed E-state index contributed by atoms with van der Waals surface area (Å²) in [6.45, 7) is 2.28. The first-order valence-corrected chi connectivity index (χ1v) is 10.4. The zero-order valence-electron chi connectivity index (χ0n) is 17.3. The van der Waals surface area contributed by atoms with Gasteiger partial charge in [-0.2, -0.15) is 0 Å². The summed E-state index contributed by atoms with van der Waals surface area (Å²) in [6, 6.07) is 12.5. The number of hydrogen-bond acceptors (Lipinski definition) is 4. The largest absolute Gasteiger partial charge is 0.362 e. The van der Waals surface area contributed by atoms with Crippen LogP contribution < -0.4 is 16.0 Å².